The fourth-order valence-corrected chi connectivity index (χ4v) is 3.06. The number of hydrogen-bond donors (Lipinski definition) is 2. The number of anilines is 1. The summed E-state index contributed by atoms with van der Waals surface area (Å²) in [6.45, 7) is 0.892. The van der Waals surface area contributed by atoms with E-state index in [1.807, 2.05) is 6.07 Å². The van der Waals surface area contributed by atoms with Crippen LogP contribution < -0.4 is 5.32 Å². The molecule has 0 spiro atoms. The molecule has 2 aliphatic rings. The quantitative estimate of drug-likeness (QED) is 0.841. The van der Waals surface area contributed by atoms with E-state index in [2.05, 4.69) is 10.3 Å². The Bertz CT molecular complexity index is 554. The van der Waals surface area contributed by atoms with Gasteiger partial charge >= 0.3 is 5.97 Å². The first-order valence-electron chi connectivity index (χ1n) is 7.83. The third-order valence-corrected chi connectivity index (χ3v) is 4.92. The molecule has 22 heavy (non-hydrogen) atoms. The average molecular weight is 325 g/mol. The van der Waals surface area contributed by atoms with E-state index in [0.717, 1.165) is 24.3 Å². The molecule has 2 fully saturated rings. The zero-order valence-electron chi connectivity index (χ0n) is 12.5. The van der Waals surface area contributed by atoms with Crippen molar-refractivity contribution in [1.82, 2.24) is 4.98 Å². The molecule has 3 rings (SSSR count). The van der Waals surface area contributed by atoms with E-state index in [9.17, 15) is 9.90 Å². The van der Waals surface area contributed by atoms with Crippen LogP contribution in [0.2, 0.25) is 5.02 Å². The summed E-state index contributed by atoms with van der Waals surface area (Å²) in [5.41, 5.74) is 0.0472. The van der Waals surface area contributed by atoms with E-state index < -0.39 is 11.5 Å². The van der Waals surface area contributed by atoms with Gasteiger partial charge < -0.3 is 15.2 Å². The Morgan fingerprint density at radius 3 is 2.82 bits per heavy atom. The maximum absolute atomic E-state index is 11.7. The van der Waals surface area contributed by atoms with Gasteiger partial charge in [-0.3, -0.25) is 0 Å². The molecule has 0 radical (unpaired) electrons. The number of aliphatic carboxylic acids is 1. The third-order valence-electron chi connectivity index (χ3n) is 4.58. The fourth-order valence-electron chi connectivity index (χ4n) is 2.86. The second kappa shape index (κ2) is 6.42. The van der Waals surface area contributed by atoms with Gasteiger partial charge in [0, 0.05) is 32.3 Å². The van der Waals surface area contributed by atoms with E-state index >= 15 is 0 Å². The van der Waals surface area contributed by atoms with Crippen LogP contribution in [0.1, 0.15) is 37.7 Å². The maximum Gasteiger partial charge on any atom is 0.329 e. The predicted octanol–water partition coefficient (Wildman–Crippen LogP) is 3.12. The SMILES string of the molecule is O=C(O)C1(Nc2cc(CCC3CC3)c(Cl)cn2)CCOCC1. The van der Waals surface area contributed by atoms with Gasteiger partial charge in [0.1, 0.15) is 11.4 Å². The number of nitrogens with one attached hydrogen (secondary N) is 1. The number of rotatable bonds is 6. The Labute approximate surface area is 135 Å². The van der Waals surface area contributed by atoms with E-state index in [4.69, 9.17) is 16.3 Å². The number of nitrogens with zero attached hydrogens (tertiary/aromatic N) is 1. The molecule has 2 heterocycles. The highest BCUT2D eigenvalue weighted by molar-refractivity contribution is 6.31. The van der Waals surface area contributed by atoms with Crippen molar-refractivity contribution >= 4 is 23.4 Å². The van der Waals surface area contributed by atoms with Gasteiger partial charge in [-0.05, 0) is 30.4 Å². The largest absolute Gasteiger partial charge is 0.480 e. The van der Waals surface area contributed by atoms with Gasteiger partial charge in [-0.15, -0.1) is 0 Å². The Morgan fingerprint density at radius 2 is 2.18 bits per heavy atom. The van der Waals surface area contributed by atoms with Crippen molar-refractivity contribution in [1.29, 1.82) is 0 Å². The number of hydrogen-bond acceptors (Lipinski definition) is 4. The topological polar surface area (TPSA) is 71.5 Å². The predicted molar refractivity (Wildman–Crippen MR) is 84.3 cm³/mol. The van der Waals surface area contributed by atoms with Gasteiger partial charge in [-0.1, -0.05) is 24.4 Å². The van der Waals surface area contributed by atoms with Crippen molar-refractivity contribution in [2.24, 2.45) is 5.92 Å². The molecule has 1 saturated carbocycles. The van der Waals surface area contributed by atoms with Crippen LogP contribution in [0.25, 0.3) is 0 Å². The molecule has 5 nitrogen and oxygen atoms in total. The molecule has 0 atom stereocenters. The average Bonchev–Trinajstić information content (AvgIpc) is 3.33. The number of ether oxygens (including phenoxy) is 1. The zero-order chi connectivity index (χ0) is 15.6. The van der Waals surface area contributed by atoms with Crippen LogP contribution >= 0.6 is 11.6 Å². The van der Waals surface area contributed by atoms with E-state index in [0.29, 0.717) is 36.9 Å². The zero-order valence-corrected chi connectivity index (χ0v) is 13.2. The van der Waals surface area contributed by atoms with Gasteiger partial charge in [0.25, 0.3) is 0 Å². The normalized spacial score (nSPS) is 20.6. The van der Waals surface area contributed by atoms with Gasteiger partial charge in [0.2, 0.25) is 0 Å². The van der Waals surface area contributed by atoms with E-state index in [1.54, 1.807) is 6.20 Å². The second-order valence-electron chi connectivity index (χ2n) is 6.27. The van der Waals surface area contributed by atoms with Crippen LogP contribution in [0.4, 0.5) is 5.82 Å². The molecule has 6 heteroatoms. The lowest BCUT2D eigenvalue weighted by Gasteiger charge is -2.34. The Hall–Kier alpha value is -1.33. The van der Waals surface area contributed by atoms with Crippen LogP contribution in [0.3, 0.4) is 0 Å². The second-order valence-corrected chi connectivity index (χ2v) is 6.67. The smallest absolute Gasteiger partial charge is 0.329 e. The lowest BCUT2D eigenvalue weighted by Crippen LogP contribution is -2.50. The molecule has 2 N–H and O–H groups in total. The molecule has 0 unspecified atom stereocenters. The Kier molecular flexibility index (Phi) is 4.54. The molecule has 120 valence electrons. The highest BCUT2D eigenvalue weighted by Crippen LogP contribution is 2.35. The van der Waals surface area contributed by atoms with Gasteiger partial charge in [0.15, 0.2) is 0 Å². The van der Waals surface area contributed by atoms with E-state index in [1.165, 1.54) is 12.8 Å². The van der Waals surface area contributed by atoms with E-state index in [-0.39, 0.29) is 0 Å². The Balaban J connectivity index is 1.75. The number of halogens is 1. The molecule has 1 aromatic heterocycles. The minimum atomic E-state index is -0.993. The number of carboxylic acid groups (broad SMARTS) is 1. The summed E-state index contributed by atoms with van der Waals surface area (Å²) >= 11 is 6.21. The minimum absolute atomic E-state index is 0.435. The van der Waals surface area contributed by atoms with Crippen molar-refractivity contribution in [3.63, 3.8) is 0 Å². The summed E-state index contributed by atoms with van der Waals surface area (Å²) < 4.78 is 5.28. The number of aromatic nitrogens is 1. The fraction of sp³-hybridized carbons (Fsp3) is 0.625. The first-order valence-corrected chi connectivity index (χ1v) is 8.21. The first kappa shape index (κ1) is 15.6. The molecule has 1 aliphatic carbocycles. The monoisotopic (exact) mass is 324 g/mol. The first-order chi connectivity index (χ1) is 10.6. The lowest BCUT2D eigenvalue weighted by atomic mass is 9.90. The van der Waals surface area contributed by atoms with Crippen LogP contribution in [-0.4, -0.2) is 34.8 Å². The molecule has 1 aromatic rings. The molecule has 0 amide bonds. The van der Waals surface area contributed by atoms with Crippen molar-refractivity contribution in [3.05, 3.63) is 22.8 Å². The van der Waals surface area contributed by atoms with Crippen molar-refractivity contribution in [2.75, 3.05) is 18.5 Å². The Morgan fingerprint density at radius 1 is 1.45 bits per heavy atom. The van der Waals surface area contributed by atoms with Crippen LogP contribution in [-0.2, 0) is 16.0 Å². The highest BCUT2D eigenvalue weighted by atomic mass is 35.5. The molecule has 0 bridgehead atoms. The van der Waals surface area contributed by atoms with Crippen LogP contribution in [0.15, 0.2) is 12.3 Å². The molecule has 1 aliphatic heterocycles. The molecule has 1 saturated heterocycles. The minimum Gasteiger partial charge on any atom is -0.480 e. The summed E-state index contributed by atoms with van der Waals surface area (Å²) in [5.74, 6) is 0.563. The third kappa shape index (κ3) is 3.52. The van der Waals surface area contributed by atoms with Crippen molar-refractivity contribution in [3.8, 4) is 0 Å². The molecular formula is C16H21ClN2O3. The van der Waals surface area contributed by atoms with Crippen molar-refractivity contribution in [2.45, 2.75) is 44.1 Å². The lowest BCUT2D eigenvalue weighted by molar-refractivity contribution is -0.145. The summed E-state index contributed by atoms with van der Waals surface area (Å²) in [7, 11) is 0. The number of aryl methyl sites for hydroxylation is 1. The molecular weight excluding hydrogens is 304 g/mol. The van der Waals surface area contributed by atoms with Gasteiger partial charge in [-0.2, -0.15) is 0 Å². The summed E-state index contributed by atoms with van der Waals surface area (Å²) in [4.78, 5) is 15.9. The maximum atomic E-state index is 11.7. The highest BCUT2D eigenvalue weighted by Gasteiger charge is 2.40. The van der Waals surface area contributed by atoms with Gasteiger partial charge in [-0.25, -0.2) is 9.78 Å². The summed E-state index contributed by atoms with van der Waals surface area (Å²) in [5, 5.41) is 13.4. The van der Waals surface area contributed by atoms with Crippen LogP contribution in [0.5, 0.6) is 0 Å². The van der Waals surface area contributed by atoms with Gasteiger partial charge in [0.05, 0.1) is 5.02 Å². The number of pyridine rings is 1. The molecule has 0 aromatic carbocycles. The summed E-state index contributed by atoms with van der Waals surface area (Å²) in [6.07, 6.45) is 7.17. The standard InChI is InChI=1S/C16H21ClN2O3/c17-13-10-18-14(9-12(13)4-3-11-1-2-11)19-16(15(20)21)5-7-22-8-6-16/h9-11H,1-8H2,(H,18,19)(H,20,21). The van der Waals surface area contributed by atoms with Crippen LogP contribution in [0, 0.1) is 5.92 Å². The number of carboxylic acids is 1. The number of carbonyl (C=O) groups is 1. The van der Waals surface area contributed by atoms with Crippen molar-refractivity contribution < 1.29 is 14.6 Å². The summed E-state index contributed by atoms with van der Waals surface area (Å²) in [6, 6.07) is 1.89.